The highest BCUT2D eigenvalue weighted by atomic mass is 16.4. The van der Waals surface area contributed by atoms with Crippen molar-refractivity contribution in [3.63, 3.8) is 0 Å². The van der Waals surface area contributed by atoms with Crippen molar-refractivity contribution in [1.82, 2.24) is 10.2 Å². The SMILES string of the molecule is CC1C(NCCN2CCCC2)CCC(C(=O)O)C1(C)C. The predicted molar refractivity (Wildman–Crippen MR) is 80.8 cm³/mol. The van der Waals surface area contributed by atoms with Crippen LogP contribution in [0.2, 0.25) is 0 Å². The van der Waals surface area contributed by atoms with Crippen molar-refractivity contribution in [3.8, 4) is 0 Å². The zero-order chi connectivity index (χ0) is 14.8. The van der Waals surface area contributed by atoms with Gasteiger partial charge >= 0.3 is 5.97 Å². The standard InChI is InChI=1S/C16H30N2O2/c1-12-14(17-8-11-18-9-4-5-10-18)7-6-13(15(19)20)16(12,2)3/h12-14,17H,4-11H2,1-3H3,(H,19,20). The van der Waals surface area contributed by atoms with Crippen molar-refractivity contribution in [2.45, 2.75) is 52.5 Å². The predicted octanol–water partition coefficient (Wildman–Crippen LogP) is 2.20. The van der Waals surface area contributed by atoms with Gasteiger partial charge in [0.2, 0.25) is 0 Å². The van der Waals surface area contributed by atoms with Crippen LogP contribution in [-0.4, -0.2) is 48.2 Å². The van der Waals surface area contributed by atoms with Crippen molar-refractivity contribution >= 4 is 5.97 Å². The monoisotopic (exact) mass is 282 g/mol. The summed E-state index contributed by atoms with van der Waals surface area (Å²) in [6, 6.07) is 0.461. The third kappa shape index (κ3) is 3.34. The Balaban J connectivity index is 1.82. The van der Waals surface area contributed by atoms with Gasteiger partial charge in [0.15, 0.2) is 0 Å². The summed E-state index contributed by atoms with van der Waals surface area (Å²) in [5.74, 6) is -0.428. The molecule has 1 saturated heterocycles. The number of rotatable bonds is 5. The molecule has 1 saturated carbocycles. The first-order valence-electron chi connectivity index (χ1n) is 8.11. The Morgan fingerprint density at radius 3 is 2.55 bits per heavy atom. The first-order valence-corrected chi connectivity index (χ1v) is 8.11. The maximum atomic E-state index is 11.4. The van der Waals surface area contributed by atoms with Crippen LogP contribution in [0, 0.1) is 17.3 Å². The maximum absolute atomic E-state index is 11.4. The summed E-state index contributed by atoms with van der Waals surface area (Å²) in [6.07, 6.45) is 4.47. The molecule has 3 atom stereocenters. The molecule has 2 aliphatic rings. The fourth-order valence-corrected chi connectivity index (χ4v) is 3.94. The van der Waals surface area contributed by atoms with Gasteiger partial charge in [0.05, 0.1) is 5.92 Å². The molecule has 1 heterocycles. The van der Waals surface area contributed by atoms with Crippen LogP contribution >= 0.6 is 0 Å². The molecule has 0 spiro atoms. The van der Waals surface area contributed by atoms with E-state index in [9.17, 15) is 9.90 Å². The highest BCUT2D eigenvalue weighted by Crippen LogP contribution is 2.44. The Labute approximate surface area is 122 Å². The Kier molecular flexibility index (Phi) is 5.08. The van der Waals surface area contributed by atoms with E-state index in [0.29, 0.717) is 12.0 Å². The summed E-state index contributed by atoms with van der Waals surface area (Å²) in [7, 11) is 0. The summed E-state index contributed by atoms with van der Waals surface area (Å²) in [5, 5.41) is 13.0. The van der Waals surface area contributed by atoms with E-state index in [1.807, 2.05) is 0 Å². The molecule has 0 aromatic carbocycles. The van der Waals surface area contributed by atoms with E-state index in [-0.39, 0.29) is 11.3 Å². The fourth-order valence-electron chi connectivity index (χ4n) is 3.94. The molecular formula is C16H30N2O2. The molecule has 0 amide bonds. The van der Waals surface area contributed by atoms with Crippen molar-refractivity contribution in [2.24, 2.45) is 17.3 Å². The Morgan fingerprint density at radius 2 is 1.95 bits per heavy atom. The zero-order valence-electron chi connectivity index (χ0n) is 13.2. The minimum Gasteiger partial charge on any atom is -0.481 e. The minimum absolute atomic E-state index is 0.130. The summed E-state index contributed by atoms with van der Waals surface area (Å²) in [6.45, 7) is 11.1. The average molecular weight is 282 g/mol. The molecule has 4 nitrogen and oxygen atoms in total. The van der Waals surface area contributed by atoms with Crippen molar-refractivity contribution in [3.05, 3.63) is 0 Å². The Hall–Kier alpha value is -0.610. The third-order valence-corrected chi connectivity index (χ3v) is 5.77. The van der Waals surface area contributed by atoms with E-state index in [2.05, 4.69) is 31.0 Å². The zero-order valence-corrected chi connectivity index (χ0v) is 13.2. The molecule has 4 heteroatoms. The van der Waals surface area contributed by atoms with Gasteiger partial charge in [0.25, 0.3) is 0 Å². The largest absolute Gasteiger partial charge is 0.481 e. The highest BCUT2D eigenvalue weighted by Gasteiger charge is 2.45. The number of carboxylic acids is 1. The van der Waals surface area contributed by atoms with Gasteiger partial charge in [-0.1, -0.05) is 20.8 Å². The van der Waals surface area contributed by atoms with Crippen LogP contribution in [0.5, 0.6) is 0 Å². The normalized spacial score (nSPS) is 34.2. The van der Waals surface area contributed by atoms with E-state index >= 15 is 0 Å². The van der Waals surface area contributed by atoms with Gasteiger partial charge in [-0.2, -0.15) is 0 Å². The molecule has 1 aliphatic carbocycles. The van der Waals surface area contributed by atoms with E-state index < -0.39 is 5.97 Å². The van der Waals surface area contributed by atoms with Crippen molar-refractivity contribution in [1.29, 1.82) is 0 Å². The molecule has 0 aromatic rings. The van der Waals surface area contributed by atoms with Gasteiger partial charge in [-0.15, -0.1) is 0 Å². The summed E-state index contributed by atoms with van der Waals surface area (Å²) >= 11 is 0. The number of carbonyl (C=O) groups is 1. The van der Waals surface area contributed by atoms with E-state index in [4.69, 9.17) is 0 Å². The Bertz CT molecular complexity index is 337. The van der Waals surface area contributed by atoms with Crippen LogP contribution < -0.4 is 5.32 Å². The molecular weight excluding hydrogens is 252 g/mol. The lowest BCUT2D eigenvalue weighted by Crippen LogP contribution is -2.52. The summed E-state index contributed by atoms with van der Waals surface area (Å²) in [5.41, 5.74) is -0.130. The van der Waals surface area contributed by atoms with Crippen LogP contribution in [0.1, 0.15) is 46.5 Å². The molecule has 0 bridgehead atoms. The van der Waals surface area contributed by atoms with Crippen molar-refractivity contribution < 1.29 is 9.90 Å². The maximum Gasteiger partial charge on any atom is 0.307 e. The van der Waals surface area contributed by atoms with Gasteiger partial charge in [-0.05, 0) is 50.1 Å². The quantitative estimate of drug-likeness (QED) is 0.811. The summed E-state index contributed by atoms with van der Waals surface area (Å²) in [4.78, 5) is 13.9. The van der Waals surface area contributed by atoms with Gasteiger partial charge in [0, 0.05) is 19.1 Å². The molecule has 3 unspecified atom stereocenters. The second kappa shape index (κ2) is 6.44. The average Bonchev–Trinajstić information content (AvgIpc) is 2.87. The summed E-state index contributed by atoms with van der Waals surface area (Å²) < 4.78 is 0. The third-order valence-electron chi connectivity index (χ3n) is 5.77. The number of aliphatic carboxylic acids is 1. The smallest absolute Gasteiger partial charge is 0.307 e. The number of hydrogen-bond acceptors (Lipinski definition) is 3. The number of nitrogens with zero attached hydrogens (tertiary/aromatic N) is 1. The van der Waals surface area contributed by atoms with Gasteiger partial charge in [0.1, 0.15) is 0 Å². The van der Waals surface area contributed by atoms with E-state index in [1.54, 1.807) is 0 Å². The molecule has 0 radical (unpaired) electrons. The lowest BCUT2D eigenvalue weighted by molar-refractivity contribution is -0.150. The number of nitrogens with one attached hydrogen (secondary N) is 1. The molecule has 0 aromatic heterocycles. The van der Waals surface area contributed by atoms with Crippen LogP contribution in [-0.2, 0) is 4.79 Å². The lowest BCUT2D eigenvalue weighted by atomic mass is 9.61. The van der Waals surface area contributed by atoms with Gasteiger partial charge in [-0.25, -0.2) is 0 Å². The van der Waals surface area contributed by atoms with E-state index in [1.165, 1.54) is 25.9 Å². The second-order valence-electron chi connectivity index (χ2n) is 7.19. The van der Waals surface area contributed by atoms with Crippen LogP contribution in [0.3, 0.4) is 0 Å². The van der Waals surface area contributed by atoms with Gasteiger partial charge < -0.3 is 15.3 Å². The van der Waals surface area contributed by atoms with Crippen molar-refractivity contribution in [2.75, 3.05) is 26.2 Å². The van der Waals surface area contributed by atoms with Crippen LogP contribution in [0.25, 0.3) is 0 Å². The lowest BCUT2D eigenvalue weighted by Gasteiger charge is -2.46. The number of likely N-dealkylation sites (tertiary alicyclic amines) is 1. The molecule has 20 heavy (non-hydrogen) atoms. The fraction of sp³-hybridized carbons (Fsp3) is 0.938. The van der Waals surface area contributed by atoms with E-state index in [0.717, 1.165) is 25.9 Å². The molecule has 2 N–H and O–H groups in total. The molecule has 1 aliphatic heterocycles. The molecule has 2 rings (SSSR count). The second-order valence-corrected chi connectivity index (χ2v) is 7.19. The topological polar surface area (TPSA) is 52.6 Å². The first-order chi connectivity index (χ1) is 9.43. The highest BCUT2D eigenvalue weighted by molar-refractivity contribution is 5.71. The number of carboxylic acid groups (broad SMARTS) is 1. The molecule has 2 fully saturated rings. The first kappa shape index (κ1) is 15.8. The molecule has 116 valence electrons. The van der Waals surface area contributed by atoms with Crippen LogP contribution in [0.4, 0.5) is 0 Å². The minimum atomic E-state index is -0.627. The number of hydrogen-bond donors (Lipinski definition) is 2. The Morgan fingerprint density at radius 1 is 1.30 bits per heavy atom. The van der Waals surface area contributed by atoms with Crippen LogP contribution in [0.15, 0.2) is 0 Å². The van der Waals surface area contributed by atoms with Gasteiger partial charge in [-0.3, -0.25) is 4.79 Å².